The van der Waals surface area contributed by atoms with Gasteiger partial charge >= 0.3 is 0 Å². The molecule has 0 unspecified atom stereocenters. The summed E-state index contributed by atoms with van der Waals surface area (Å²) in [5.41, 5.74) is 3.87. The number of benzene rings is 2. The van der Waals surface area contributed by atoms with Crippen LogP contribution >= 0.6 is 11.8 Å². The minimum atomic E-state index is -0.466. The van der Waals surface area contributed by atoms with E-state index in [-0.39, 0.29) is 18.2 Å². The van der Waals surface area contributed by atoms with Crippen LogP contribution in [-0.4, -0.2) is 22.2 Å². The Labute approximate surface area is 163 Å². The van der Waals surface area contributed by atoms with Crippen LogP contribution in [0.15, 0.2) is 53.5 Å². The molecule has 0 saturated carbocycles. The second-order valence-corrected chi connectivity index (χ2v) is 7.45. The number of carbonyl (C=O) groups excluding carboxylic acids is 2. The fourth-order valence-corrected chi connectivity index (χ4v) is 3.96. The molecular weight excluding hydrogens is 358 g/mol. The number of aryl methyl sites for hydroxylation is 2. The average Bonchev–Trinajstić information content (AvgIpc) is 3.01. The fourth-order valence-electron chi connectivity index (χ4n) is 2.97. The molecule has 6 heteroatoms. The average molecular weight is 382 g/mol. The van der Waals surface area contributed by atoms with Gasteiger partial charge in [0.2, 0.25) is 11.8 Å². The molecule has 5 nitrogen and oxygen atoms in total. The Bertz CT molecular complexity index is 843. The normalized spacial score (nSPS) is 17.8. The third-order valence-electron chi connectivity index (χ3n) is 4.40. The summed E-state index contributed by atoms with van der Waals surface area (Å²) in [6, 6.07) is 15.5. The number of hydrogen-bond donors (Lipinski definition) is 2. The van der Waals surface area contributed by atoms with E-state index in [1.807, 2.05) is 48.5 Å². The molecule has 2 N–H and O–H groups in total. The number of anilines is 1. The van der Waals surface area contributed by atoms with Crippen molar-refractivity contribution in [3.8, 4) is 0 Å². The molecule has 0 spiro atoms. The number of nitrogens with one attached hydrogen (secondary N) is 2. The van der Waals surface area contributed by atoms with E-state index in [2.05, 4.69) is 29.5 Å². The lowest BCUT2D eigenvalue weighted by molar-refractivity contribution is -0.122. The summed E-state index contributed by atoms with van der Waals surface area (Å²) in [5.74, 6) is -0.330. The molecule has 1 aliphatic rings. The SMILES string of the molecule is CCc1cccc(CC)c1NC(=O)C[C@@H]1SC(=Nc2ccccc2)NC1=O. The first kappa shape index (κ1) is 19.2. The van der Waals surface area contributed by atoms with Crippen LogP contribution < -0.4 is 10.6 Å². The van der Waals surface area contributed by atoms with E-state index < -0.39 is 5.25 Å². The van der Waals surface area contributed by atoms with Gasteiger partial charge < -0.3 is 10.6 Å². The monoisotopic (exact) mass is 381 g/mol. The van der Waals surface area contributed by atoms with Crippen LogP contribution in [0.1, 0.15) is 31.4 Å². The van der Waals surface area contributed by atoms with E-state index in [4.69, 9.17) is 0 Å². The second-order valence-electron chi connectivity index (χ2n) is 6.26. The lowest BCUT2D eigenvalue weighted by atomic mass is 10.0. The number of carbonyl (C=O) groups is 2. The van der Waals surface area contributed by atoms with E-state index in [0.717, 1.165) is 35.3 Å². The predicted molar refractivity (Wildman–Crippen MR) is 112 cm³/mol. The van der Waals surface area contributed by atoms with Crippen molar-refractivity contribution in [1.82, 2.24) is 5.32 Å². The Balaban J connectivity index is 1.67. The number of thioether (sulfide) groups is 1. The maximum atomic E-state index is 12.6. The van der Waals surface area contributed by atoms with E-state index >= 15 is 0 Å². The van der Waals surface area contributed by atoms with E-state index in [1.54, 1.807) is 0 Å². The van der Waals surface area contributed by atoms with E-state index in [0.29, 0.717) is 5.17 Å². The van der Waals surface area contributed by atoms with Gasteiger partial charge in [-0.3, -0.25) is 9.59 Å². The first-order valence-electron chi connectivity index (χ1n) is 9.12. The summed E-state index contributed by atoms with van der Waals surface area (Å²) in [7, 11) is 0. The summed E-state index contributed by atoms with van der Waals surface area (Å²) in [5, 5.41) is 5.85. The Morgan fingerprint density at radius 2 is 1.74 bits per heavy atom. The maximum Gasteiger partial charge on any atom is 0.240 e. The third kappa shape index (κ3) is 4.77. The van der Waals surface area contributed by atoms with Crippen LogP contribution in [0.4, 0.5) is 11.4 Å². The summed E-state index contributed by atoms with van der Waals surface area (Å²) in [6.07, 6.45) is 1.80. The molecule has 2 aromatic carbocycles. The Hall–Kier alpha value is -2.60. The molecule has 140 valence electrons. The molecule has 27 heavy (non-hydrogen) atoms. The van der Waals surface area contributed by atoms with Gasteiger partial charge in [-0.1, -0.05) is 62.0 Å². The molecule has 1 aliphatic heterocycles. The van der Waals surface area contributed by atoms with Gasteiger partial charge in [0.05, 0.1) is 5.69 Å². The van der Waals surface area contributed by atoms with Crippen LogP contribution in [-0.2, 0) is 22.4 Å². The van der Waals surface area contributed by atoms with Crippen molar-refractivity contribution in [2.24, 2.45) is 4.99 Å². The van der Waals surface area contributed by atoms with Crippen molar-refractivity contribution in [2.75, 3.05) is 5.32 Å². The highest BCUT2D eigenvalue weighted by atomic mass is 32.2. The zero-order chi connectivity index (χ0) is 19.2. The number of para-hydroxylation sites is 2. The molecule has 1 atom stereocenters. The largest absolute Gasteiger partial charge is 0.326 e. The van der Waals surface area contributed by atoms with Crippen LogP contribution in [0.5, 0.6) is 0 Å². The zero-order valence-corrected chi connectivity index (χ0v) is 16.3. The Morgan fingerprint density at radius 1 is 1.07 bits per heavy atom. The van der Waals surface area contributed by atoms with Gasteiger partial charge in [0.1, 0.15) is 5.25 Å². The van der Waals surface area contributed by atoms with Gasteiger partial charge in [0.25, 0.3) is 0 Å². The number of hydrogen-bond acceptors (Lipinski definition) is 4. The minimum Gasteiger partial charge on any atom is -0.326 e. The topological polar surface area (TPSA) is 70.6 Å². The summed E-state index contributed by atoms with van der Waals surface area (Å²) >= 11 is 1.30. The molecule has 3 rings (SSSR count). The minimum absolute atomic E-state index is 0.117. The summed E-state index contributed by atoms with van der Waals surface area (Å²) < 4.78 is 0. The molecule has 0 radical (unpaired) electrons. The highest BCUT2D eigenvalue weighted by molar-refractivity contribution is 8.15. The van der Waals surface area contributed by atoms with Crippen LogP contribution in [0.25, 0.3) is 0 Å². The predicted octanol–water partition coefficient (Wildman–Crippen LogP) is 4.06. The highest BCUT2D eigenvalue weighted by Crippen LogP contribution is 2.27. The molecule has 0 aliphatic carbocycles. The van der Waals surface area contributed by atoms with Gasteiger partial charge in [-0.15, -0.1) is 0 Å². The first-order valence-corrected chi connectivity index (χ1v) is 10.0. The van der Waals surface area contributed by atoms with Gasteiger partial charge in [-0.05, 0) is 36.1 Å². The lowest BCUT2D eigenvalue weighted by Gasteiger charge is -2.15. The standard InChI is InChI=1S/C21H23N3O2S/c1-3-14-9-8-10-15(4-2)19(14)23-18(25)13-17-20(26)24-21(27-17)22-16-11-6-5-7-12-16/h5-12,17H,3-4,13H2,1-2H3,(H,23,25)(H,22,24,26)/t17-/m0/s1. The van der Waals surface area contributed by atoms with Crippen molar-refractivity contribution in [3.05, 3.63) is 59.7 Å². The van der Waals surface area contributed by atoms with Crippen molar-refractivity contribution in [1.29, 1.82) is 0 Å². The number of amides is 2. The quantitative estimate of drug-likeness (QED) is 0.793. The van der Waals surface area contributed by atoms with Crippen molar-refractivity contribution in [2.45, 2.75) is 38.4 Å². The van der Waals surface area contributed by atoms with Crippen molar-refractivity contribution < 1.29 is 9.59 Å². The van der Waals surface area contributed by atoms with Gasteiger partial charge in [-0.25, -0.2) is 4.99 Å². The van der Waals surface area contributed by atoms with E-state index in [9.17, 15) is 9.59 Å². The number of rotatable bonds is 6. The molecule has 1 saturated heterocycles. The molecular formula is C21H23N3O2S. The molecule has 1 fully saturated rings. The second kappa shape index (κ2) is 8.86. The fraction of sp³-hybridized carbons (Fsp3) is 0.286. The summed E-state index contributed by atoms with van der Waals surface area (Å²) in [4.78, 5) is 29.2. The molecule has 0 bridgehead atoms. The van der Waals surface area contributed by atoms with Crippen LogP contribution in [0.2, 0.25) is 0 Å². The van der Waals surface area contributed by atoms with Gasteiger partial charge in [0.15, 0.2) is 5.17 Å². The van der Waals surface area contributed by atoms with Crippen LogP contribution in [0.3, 0.4) is 0 Å². The Kier molecular flexibility index (Phi) is 6.29. The lowest BCUT2D eigenvalue weighted by Crippen LogP contribution is -2.28. The molecule has 0 aromatic heterocycles. The first-order chi connectivity index (χ1) is 13.1. The Morgan fingerprint density at radius 3 is 2.37 bits per heavy atom. The third-order valence-corrected chi connectivity index (χ3v) is 5.48. The number of nitrogens with zero attached hydrogens (tertiary/aromatic N) is 1. The maximum absolute atomic E-state index is 12.6. The number of aliphatic imine (C=N–C) groups is 1. The highest BCUT2D eigenvalue weighted by Gasteiger charge is 2.32. The van der Waals surface area contributed by atoms with Gasteiger partial charge in [0, 0.05) is 12.1 Å². The van der Waals surface area contributed by atoms with Crippen molar-refractivity contribution in [3.63, 3.8) is 0 Å². The smallest absolute Gasteiger partial charge is 0.240 e. The summed E-state index contributed by atoms with van der Waals surface area (Å²) in [6.45, 7) is 4.13. The van der Waals surface area contributed by atoms with Gasteiger partial charge in [-0.2, -0.15) is 0 Å². The number of amidine groups is 1. The zero-order valence-electron chi connectivity index (χ0n) is 15.5. The molecule has 2 aromatic rings. The molecule has 2 amide bonds. The van der Waals surface area contributed by atoms with Crippen LogP contribution in [0, 0.1) is 0 Å². The van der Waals surface area contributed by atoms with Crippen molar-refractivity contribution >= 4 is 40.1 Å². The van der Waals surface area contributed by atoms with E-state index in [1.165, 1.54) is 11.8 Å². The molecule has 1 heterocycles.